The average Bonchev–Trinajstić information content (AvgIpc) is 3.05. The van der Waals surface area contributed by atoms with Crippen LogP contribution in [0.2, 0.25) is 0 Å². The summed E-state index contributed by atoms with van der Waals surface area (Å²) in [6.45, 7) is 2.83. The van der Waals surface area contributed by atoms with Crippen molar-refractivity contribution in [3.8, 4) is 5.75 Å². The Balaban J connectivity index is 1.51. The number of nitrogens with zero attached hydrogens (tertiary/aromatic N) is 2. The molecule has 1 aromatic heterocycles. The van der Waals surface area contributed by atoms with Crippen LogP contribution < -0.4 is 10.1 Å². The number of hydrogen-bond donors (Lipinski definition) is 1. The number of fused-ring (bicyclic) bond motifs is 1. The molecule has 0 aliphatic carbocycles. The average molecular weight is 287 g/mol. The molecule has 2 aromatic rings. The van der Waals surface area contributed by atoms with E-state index in [2.05, 4.69) is 21.5 Å². The van der Waals surface area contributed by atoms with Gasteiger partial charge < -0.3 is 19.3 Å². The molecule has 1 aromatic carbocycles. The third kappa shape index (κ3) is 2.52. The van der Waals surface area contributed by atoms with Crippen molar-refractivity contribution in [3.05, 3.63) is 41.5 Å². The standard InChI is InChI=1S/C15H17N3O3/c1-2-4-12-10(3-1)7-11(9-20-12)14-17-15(21-18-14)13-8-16-5-6-19-13/h1-4,11,13,16H,5-9H2. The van der Waals surface area contributed by atoms with E-state index in [1.54, 1.807) is 0 Å². The maximum Gasteiger partial charge on any atom is 0.257 e. The molecule has 2 atom stereocenters. The number of hydrogen-bond acceptors (Lipinski definition) is 6. The number of aromatic nitrogens is 2. The summed E-state index contributed by atoms with van der Waals surface area (Å²) in [7, 11) is 0. The fourth-order valence-corrected chi connectivity index (χ4v) is 2.76. The molecule has 1 N–H and O–H groups in total. The van der Waals surface area contributed by atoms with Crippen molar-refractivity contribution < 1.29 is 14.0 Å². The number of ether oxygens (including phenoxy) is 2. The molecule has 0 spiro atoms. The molecule has 110 valence electrons. The van der Waals surface area contributed by atoms with E-state index in [1.807, 2.05) is 18.2 Å². The highest BCUT2D eigenvalue weighted by Gasteiger charge is 2.28. The quantitative estimate of drug-likeness (QED) is 0.901. The minimum absolute atomic E-state index is 0.133. The first-order valence-corrected chi connectivity index (χ1v) is 7.26. The summed E-state index contributed by atoms with van der Waals surface area (Å²) in [4.78, 5) is 4.51. The fraction of sp³-hybridized carbons (Fsp3) is 0.467. The van der Waals surface area contributed by atoms with Crippen LogP contribution in [0.15, 0.2) is 28.8 Å². The summed E-state index contributed by atoms with van der Waals surface area (Å²) in [6, 6.07) is 8.08. The van der Waals surface area contributed by atoms with Crippen molar-refractivity contribution in [2.24, 2.45) is 0 Å². The molecule has 6 heteroatoms. The van der Waals surface area contributed by atoms with Gasteiger partial charge in [-0.1, -0.05) is 23.4 Å². The zero-order valence-corrected chi connectivity index (χ0v) is 11.6. The summed E-state index contributed by atoms with van der Waals surface area (Å²) >= 11 is 0. The van der Waals surface area contributed by atoms with Crippen molar-refractivity contribution in [1.29, 1.82) is 0 Å². The lowest BCUT2D eigenvalue weighted by atomic mass is 9.96. The van der Waals surface area contributed by atoms with E-state index in [9.17, 15) is 0 Å². The molecule has 3 heterocycles. The van der Waals surface area contributed by atoms with E-state index in [0.717, 1.165) is 18.7 Å². The summed E-state index contributed by atoms with van der Waals surface area (Å²) in [6.07, 6.45) is 0.732. The van der Waals surface area contributed by atoms with Gasteiger partial charge in [-0.05, 0) is 18.1 Å². The van der Waals surface area contributed by atoms with Crippen molar-refractivity contribution in [2.45, 2.75) is 18.4 Å². The van der Waals surface area contributed by atoms with Crippen molar-refractivity contribution in [1.82, 2.24) is 15.5 Å². The zero-order valence-electron chi connectivity index (χ0n) is 11.6. The molecule has 6 nitrogen and oxygen atoms in total. The number of rotatable bonds is 2. The van der Waals surface area contributed by atoms with Crippen molar-refractivity contribution >= 4 is 0 Å². The van der Waals surface area contributed by atoms with Gasteiger partial charge in [-0.3, -0.25) is 0 Å². The second-order valence-electron chi connectivity index (χ2n) is 5.37. The maximum absolute atomic E-state index is 5.78. The minimum atomic E-state index is -0.142. The monoisotopic (exact) mass is 287 g/mol. The molecule has 0 saturated carbocycles. The second kappa shape index (κ2) is 5.46. The minimum Gasteiger partial charge on any atom is -0.493 e. The van der Waals surface area contributed by atoms with Crippen LogP contribution in [0.4, 0.5) is 0 Å². The van der Waals surface area contributed by atoms with Crippen LogP contribution in [0.5, 0.6) is 5.75 Å². The van der Waals surface area contributed by atoms with Gasteiger partial charge in [0.1, 0.15) is 11.9 Å². The summed E-state index contributed by atoms with van der Waals surface area (Å²) in [5.74, 6) is 2.34. The number of para-hydroxylation sites is 1. The van der Waals surface area contributed by atoms with Crippen LogP contribution in [0.1, 0.15) is 29.3 Å². The molecule has 0 bridgehead atoms. The van der Waals surface area contributed by atoms with Gasteiger partial charge in [0.05, 0.1) is 19.1 Å². The Hall–Kier alpha value is -1.92. The highest BCUT2D eigenvalue weighted by Crippen LogP contribution is 2.31. The summed E-state index contributed by atoms with van der Waals surface area (Å²) in [5.41, 5.74) is 1.19. The number of nitrogens with one attached hydrogen (secondary N) is 1. The van der Waals surface area contributed by atoms with Gasteiger partial charge in [-0.2, -0.15) is 4.98 Å². The third-order valence-electron chi connectivity index (χ3n) is 3.90. The molecular weight excluding hydrogens is 270 g/mol. The van der Waals surface area contributed by atoms with E-state index >= 15 is 0 Å². The molecular formula is C15H17N3O3. The topological polar surface area (TPSA) is 69.4 Å². The predicted molar refractivity (Wildman–Crippen MR) is 74.2 cm³/mol. The first-order chi connectivity index (χ1) is 10.4. The van der Waals surface area contributed by atoms with Crippen LogP contribution in [0, 0.1) is 0 Å². The van der Waals surface area contributed by atoms with E-state index in [1.165, 1.54) is 5.56 Å². The second-order valence-corrected chi connectivity index (χ2v) is 5.37. The molecule has 4 rings (SSSR count). The Morgan fingerprint density at radius 3 is 3.10 bits per heavy atom. The van der Waals surface area contributed by atoms with E-state index in [0.29, 0.717) is 31.5 Å². The van der Waals surface area contributed by atoms with Gasteiger partial charge in [0, 0.05) is 13.1 Å². The smallest absolute Gasteiger partial charge is 0.257 e. The third-order valence-corrected chi connectivity index (χ3v) is 3.90. The Bertz CT molecular complexity index is 622. The van der Waals surface area contributed by atoms with Gasteiger partial charge in [0.25, 0.3) is 5.89 Å². The van der Waals surface area contributed by atoms with Crippen LogP contribution in [-0.4, -0.2) is 36.4 Å². The number of benzene rings is 1. The Morgan fingerprint density at radius 1 is 1.24 bits per heavy atom. The molecule has 21 heavy (non-hydrogen) atoms. The van der Waals surface area contributed by atoms with Crippen LogP contribution in [0.25, 0.3) is 0 Å². The van der Waals surface area contributed by atoms with Gasteiger partial charge >= 0.3 is 0 Å². The lowest BCUT2D eigenvalue weighted by molar-refractivity contribution is 0.00755. The molecule has 0 radical (unpaired) electrons. The Labute approximate surface area is 122 Å². The molecule has 2 unspecified atom stereocenters. The lowest BCUT2D eigenvalue weighted by Crippen LogP contribution is -2.33. The molecule has 2 aliphatic heterocycles. The summed E-state index contributed by atoms with van der Waals surface area (Å²) in [5, 5.41) is 7.37. The summed E-state index contributed by atoms with van der Waals surface area (Å²) < 4.78 is 16.8. The van der Waals surface area contributed by atoms with E-state index < -0.39 is 0 Å². The largest absolute Gasteiger partial charge is 0.493 e. The molecule has 1 saturated heterocycles. The highest BCUT2D eigenvalue weighted by atomic mass is 16.5. The zero-order chi connectivity index (χ0) is 14.1. The number of morpholine rings is 1. The van der Waals surface area contributed by atoms with Crippen LogP contribution >= 0.6 is 0 Å². The molecule has 1 fully saturated rings. The first-order valence-electron chi connectivity index (χ1n) is 7.26. The van der Waals surface area contributed by atoms with Crippen LogP contribution in [0.3, 0.4) is 0 Å². The van der Waals surface area contributed by atoms with Gasteiger partial charge in [-0.25, -0.2) is 0 Å². The van der Waals surface area contributed by atoms with Crippen molar-refractivity contribution in [3.63, 3.8) is 0 Å². The molecule has 2 aliphatic rings. The van der Waals surface area contributed by atoms with E-state index in [4.69, 9.17) is 14.0 Å². The first kappa shape index (κ1) is 12.8. The fourth-order valence-electron chi connectivity index (χ4n) is 2.76. The van der Waals surface area contributed by atoms with E-state index in [-0.39, 0.29) is 12.0 Å². The van der Waals surface area contributed by atoms with Crippen molar-refractivity contribution in [2.75, 3.05) is 26.3 Å². The lowest BCUT2D eigenvalue weighted by Gasteiger charge is -2.23. The normalized spacial score (nSPS) is 25.1. The van der Waals surface area contributed by atoms with Gasteiger partial charge in [0.15, 0.2) is 5.82 Å². The van der Waals surface area contributed by atoms with Crippen LogP contribution in [-0.2, 0) is 11.2 Å². The SMILES string of the molecule is c1ccc2c(c1)CC(c1noc(C3CNCCO3)n1)CO2. The molecule has 0 amide bonds. The van der Waals surface area contributed by atoms with Gasteiger partial charge in [0.2, 0.25) is 0 Å². The Morgan fingerprint density at radius 2 is 2.19 bits per heavy atom. The maximum atomic E-state index is 5.78. The van der Waals surface area contributed by atoms with Gasteiger partial charge in [-0.15, -0.1) is 0 Å². The Kier molecular flexibility index (Phi) is 3.33. The highest BCUT2D eigenvalue weighted by molar-refractivity contribution is 5.36. The predicted octanol–water partition coefficient (Wildman–Crippen LogP) is 1.45.